The van der Waals surface area contributed by atoms with Crippen molar-refractivity contribution in [3.8, 4) is 17.2 Å². The van der Waals surface area contributed by atoms with Crippen LogP contribution in [0.25, 0.3) is 17.2 Å². The Morgan fingerprint density at radius 3 is 2.64 bits per heavy atom. The van der Waals surface area contributed by atoms with Crippen LogP contribution in [0.3, 0.4) is 0 Å². The standard InChI is InChI=1S/C20H20N6OS/c1-12-7-5-6-8-17(12)19-22-23-20(28)26(19)21-11-16-9-13(2)25(15(16)4)18-10-14(3)27-24-18/h5-11H,1-4H3,(H,23,28)/b21-11-. The highest BCUT2D eigenvalue weighted by atomic mass is 32.1. The number of H-pyrrole nitrogens is 1. The number of rotatable bonds is 4. The first-order valence-corrected chi connectivity index (χ1v) is 9.27. The molecule has 3 aromatic heterocycles. The first kappa shape index (κ1) is 18.1. The summed E-state index contributed by atoms with van der Waals surface area (Å²) >= 11 is 5.38. The number of aryl methyl sites for hydroxylation is 3. The van der Waals surface area contributed by atoms with Crippen molar-refractivity contribution in [1.29, 1.82) is 0 Å². The minimum Gasteiger partial charge on any atom is -0.360 e. The largest absolute Gasteiger partial charge is 0.360 e. The molecule has 0 aliphatic rings. The molecule has 4 rings (SSSR count). The molecule has 0 radical (unpaired) electrons. The third-order valence-electron chi connectivity index (χ3n) is 4.66. The van der Waals surface area contributed by atoms with Crippen LogP contribution >= 0.6 is 12.2 Å². The monoisotopic (exact) mass is 392 g/mol. The van der Waals surface area contributed by atoms with Crippen molar-refractivity contribution in [3.63, 3.8) is 0 Å². The van der Waals surface area contributed by atoms with Crippen molar-refractivity contribution in [2.45, 2.75) is 27.7 Å². The van der Waals surface area contributed by atoms with Gasteiger partial charge in [-0.15, -0.1) is 0 Å². The van der Waals surface area contributed by atoms with Crippen LogP contribution in [-0.4, -0.2) is 30.8 Å². The lowest BCUT2D eigenvalue weighted by Gasteiger charge is -2.05. The van der Waals surface area contributed by atoms with Crippen LogP contribution in [0.5, 0.6) is 0 Å². The van der Waals surface area contributed by atoms with Crippen molar-refractivity contribution < 1.29 is 4.52 Å². The molecule has 0 spiro atoms. The van der Waals surface area contributed by atoms with E-state index in [-0.39, 0.29) is 0 Å². The molecule has 0 amide bonds. The molecular formula is C20H20N6OS. The Bertz CT molecular complexity index is 1240. The second-order valence-electron chi connectivity index (χ2n) is 6.68. The number of hydrogen-bond donors (Lipinski definition) is 1. The Hall–Kier alpha value is -3.26. The van der Waals surface area contributed by atoms with Crippen LogP contribution in [0.1, 0.15) is 28.3 Å². The maximum atomic E-state index is 5.38. The molecule has 4 aromatic rings. The topological polar surface area (TPSA) is 76.9 Å². The Kier molecular flexibility index (Phi) is 4.56. The molecule has 7 nitrogen and oxygen atoms in total. The van der Waals surface area contributed by atoms with Crippen molar-refractivity contribution >= 4 is 18.4 Å². The number of nitrogens with one attached hydrogen (secondary N) is 1. The summed E-state index contributed by atoms with van der Waals surface area (Å²) in [7, 11) is 0. The molecule has 3 heterocycles. The Morgan fingerprint density at radius 1 is 1.14 bits per heavy atom. The fourth-order valence-corrected chi connectivity index (χ4v) is 3.43. The van der Waals surface area contributed by atoms with E-state index in [9.17, 15) is 0 Å². The molecule has 8 heteroatoms. The summed E-state index contributed by atoms with van der Waals surface area (Å²) in [4.78, 5) is 0. The van der Waals surface area contributed by atoms with Crippen molar-refractivity contribution in [2.75, 3.05) is 0 Å². The van der Waals surface area contributed by atoms with Crippen molar-refractivity contribution in [3.05, 3.63) is 69.4 Å². The van der Waals surface area contributed by atoms with E-state index < -0.39 is 0 Å². The molecule has 142 valence electrons. The zero-order valence-electron chi connectivity index (χ0n) is 16.1. The first-order valence-electron chi connectivity index (χ1n) is 8.86. The molecule has 0 fully saturated rings. The summed E-state index contributed by atoms with van der Waals surface area (Å²) in [6, 6.07) is 12.0. The minimum atomic E-state index is 0.440. The number of benzene rings is 1. The smallest absolute Gasteiger partial charge is 0.216 e. The van der Waals surface area contributed by atoms with Gasteiger partial charge >= 0.3 is 0 Å². The number of aromatic nitrogens is 5. The molecule has 0 bridgehead atoms. The van der Waals surface area contributed by atoms with Crippen LogP contribution < -0.4 is 0 Å². The van der Waals surface area contributed by atoms with Gasteiger partial charge in [0, 0.05) is 28.6 Å². The average molecular weight is 392 g/mol. The summed E-state index contributed by atoms with van der Waals surface area (Å²) < 4.78 is 9.33. The van der Waals surface area contributed by atoms with Gasteiger partial charge in [-0.3, -0.25) is 4.57 Å². The second-order valence-corrected chi connectivity index (χ2v) is 7.07. The van der Waals surface area contributed by atoms with E-state index in [2.05, 4.69) is 26.5 Å². The normalized spacial score (nSPS) is 11.6. The lowest BCUT2D eigenvalue weighted by molar-refractivity contribution is 0.394. The highest BCUT2D eigenvalue weighted by Crippen LogP contribution is 2.22. The SMILES string of the molecule is Cc1cc(-n2c(C)cc(/C=N\n3c(-c4ccccc4C)n[nH]c3=S)c2C)no1. The maximum absolute atomic E-state index is 5.38. The van der Waals surface area contributed by atoms with Gasteiger partial charge in [-0.25, -0.2) is 5.10 Å². The highest BCUT2D eigenvalue weighted by Gasteiger charge is 2.14. The van der Waals surface area contributed by atoms with Crippen molar-refractivity contribution in [1.82, 2.24) is 24.6 Å². The molecule has 0 aliphatic carbocycles. The third-order valence-corrected chi connectivity index (χ3v) is 4.93. The van der Waals surface area contributed by atoms with Crippen LogP contribution in [0.15, 0.2) is 46.0 Å². The molecular weight excluding hydrogens is 372 g/mol. The quantitative estimate of drug-likeness (QED) is 0.410. The first-order chi connectivity index (χ1) is 13.5. The predicted octanol–water partition coefficient (Wildman–Crippen LogP) is 4.50. The maximum Gasteiger partial charge on any atom is 0.216 e. The highest BCUT2D eigenvalue weighted by molar-refractivity contribution is 7.71. The third kappa shape index (κ3) is 3.11. The molecule has 0 aliphatic heterocycles. The van der Waals surface area contributed by atoms with E-state index in [0.717, 1.165) is 39.7 Å². The predicted molar refractivity (Wildman–Crippen MR) is 111 cm³/mol. The van der Waals surface area contributed by atoms with Gasteiger partial charge in [0.05, 0.1) is 6.21 Å². The van der Waals surface area contributed by atoms with Gasteiger partial charge in [0.25, 0.3) is 0 Å². The Balaban J connectivity index is 1.75. The molecule has 28 heavy (non-hydrogen) atoms. The van der Waals surface area contributed by atoms with Crippen molar-refractivity contribution in [2.24, 2.45) is 5.10 Å². The van der Waals surface area contributed by atoms with E-state index in [4.69, 9.17) is 16.7 Å². The molecule has 1 N–H and O–H groups in total. The summed E-state index contributed by atoms with van der Waals surface area (Å²) in [6.45, 7) is 7.96. The molecule has 0 unspecified atom stereocenters. The summed E-state index contributed by atoms with van der Waals surface area (Å²) in [5.41, 5.74) is 5.12. The summed E-state index contributed by atoms with van der Waals surface area (Å²) in [6.07, 6.45) is 1.79. The van der Waals surface area contributed by atoms with E-state index >= 15 is 0 Å². The Morgan fingerprint density at radius 2 is 1.93 bits per heavy atom. The van der Waals surface area contributed by atoms with E-state index in [0.29, 0.717) is 10.6 Å². The van der Waals surface area contributed by atoms with Crippen LogP contribution in [0.4, 0.5) is 0 Å². The average Bonchev–Trinajstić information content (AvgIpc) is 3.32. The summed E-state index contributed by atoms with van der Waals surface area (Å²) in [5.74, 6) is 2.21. The lowest BCUT2D eigenvalue weighted by Crippen LogP contribution is -2.00. The van der Waals surface area contributed by atoms with Crippen LogP contribution in [-0.2, 0) is 0 Å². The number of nitrogens with zero attached hydrogens (tertiary/aromatic N) is 5. The van der Waals surface area contributed by atoms with Gasteiger partial charge in [0.2, 0.25) is 4.77 Å². The van der Waals surface area contributed by atoms with E-state index in [1.807, 2.05) is 62.6 Å². The van der Waals surface area contributed by atoms with E-state index in [1.165, 1.54) is 0 Å². The lowest BCUT2D eigenvalue weighted by atomic mass is 10.1. The fraction of sp³-hybridized carbons (Fsp3) is 0.200. The zero-order valence-corrected chi connectivity index (χ0v) is 16.9. The Labute approximate surface area is 167 Å². The molecule has 0 atom stereocenters. The fourth-order valence-electron chi connectivity index (χ4n) is 3.25. The van der Waals surface area contributed by atoms with Gasteiger partial charge in [0.1, 0.15) is 5.76 Å². The molecule has 0 saturated heterocycles. The molecule has 1 aromatic carbocycles. The number of aromatic amines is 1. The van der Waals surface area contributed by atoms with Crippen LogP contribution in [0, 0.1) is 32.5 Å². The summed E-state index contributed by atoms with van der Waals surface area (Å²) in [5, 5.41) is 15.9. The van der Waals surface area contributed by atoms with Gasteiger partial charge in [0.15, 0.2) is 11.6 Å². The van der Waals surface area contributed by atoms with Gasteiger partial charge < -0.3 is 4.52 Å². The van der Waals surface area contributed by atoms with Gasteiger partial charge in [-0.1, -0.05) is 29.4 Å². The van der Waals surface area contributed by atoms with Gasteiger partial charge in [-0.2, -0.15) is 14.9 Å². The zero-order chi connectivity index (χ0) is 19.8. The minimum absolute atomic E-state index is 0.440. The van der Waals surface area contributed by atoms with E-state index in [1.54, 1.807) is 10.9 Å². The van der Waals surface area contributed by atoms with Gasteiger partial charge in [-0.05, 0) is 51.5 Å². The number of hydrogen-bond acceptors (Lipinski definition) is 5. The second kappa shape index (κ2) is 7.05. The molecule has 0 saturated carbocycles. The van der Waals surface area contributed by atoms with Crippen LogP contribution in [0.2, 0.25) is 0 Å².